The summed E-state index contributed by atoms with van der Waals surface area (Å²) in [6, 6.07) is 2.97. The van der Waals surface area contributed by atoms with E-state index in [1.54, 1.807) is 18.9 Å². The van der Waals surface area contributed by atoms with E-state index in [9.17, 15) is 13.6 Å². The number of nitrogens with zero attached hydrogens (tertiary/aromatic N) is 1. The molecule has 0 aromatic heterocycles. The van der Waals surface area contributed by atoms with Crippen LogP contribution in [0.2, 0.25) is 0 Å². The van der Waals surface area contributed by atoms with Crippen molar-refractivity contribution in [1.29, 1.82) is 0 Å². The fraction of sp³-hybridized carbons (Fsp3) is 0.462. The third-order valence-corrected chi connectivity index (χ3v) is 2.84. The van der Waals surface area contributed by atoms with Crippen molar-refractivity contribution >= 4 is 5.91 Å². The van der Waals surface area contributed by atoms with Gasteiger partial charge in [-0.2, -0.15) is 0 Å². The van der Waals surface area contributed by atoms with Crippen molar-refractivity contribution in [2.75, 3.05) is 20.1 Å². The first-order valence-corrected chi connectivity index (χ1v) is 5.87. The Labute approximate surface area is 106 Å². The monoisotopic (exact) mass is 256 g/mol. The number of nitrogens with one attached hydrogen (secondary N) is 1. The van der Waals surface area contributed by atoms with E-state index in [1.165, 1.54) is 0 Å². The van der Waals surface area contributed by atoms with Crippen LogP contribution in [0.25, 0.3) is 0 Å². The molecule has 0 heterocycles. The Bertz CT molecular complexity index is 423. The topological polar surface area (TPSA) is 32.3 Å². The van der Waals surface area contributed by atoms with Crippen LogP contribution in [0.4, 0.5) is 8.78 Å². The van der Waals surface area contributed by atoms with E-state index in [4.69, 9.17) is 0 Å². The van der Waals surface area contributed by atoms with Crippen LogP contribution in [-0.4, -0.2) is 30.9 Å². The largest absolute Gasteiger partial charge is 0.355 e. The Morgan fingerprint density at radius 3 is 2.72 bits per heavy atom. The van der Waals surface area contributed by atoms with Gasteiger partial charge in [-0.15, -0.1) is 0 Å². The Morgan fingerprint density at radius 2 is 2.11 bits per heavy atom. The maximum absolute atomic E-state index is 13.6. The number of rotatable bonds is 5. The fourth-order valence-corrected chi connectivity index (χ4v) is 1.69. The molecule has 1 N–H and O–H groups in total. The van der Waals surface area contributed by atoms with E-state index in [0.29, 0.717) is 6.54 Å². The van der Waals surface area contributed by atoms with Crippen LogP contribution in [-0.2, 0) is 4.79 Å². The first-order chi connectivity index (χ1) is 8.45. The van der Waals surface area contributed by atoms with Crippen molar-refractivity contribution in [1.82, 2.24) is 10.2 Å². The molecule has 1 amide bonds. The van der Waals surface area contributed by atoms with Gasteiger partial charge in [-0.1, -0.05) is 0 Å². The van der Waals surface area contributed by atoms with Gasteiger partial charge >= 0.3 is 0 Å². The maximum atomic E-state index is 13.6. The number of benzene rings is 1. The first kappa shape index (κ1) is 14.6. The van der Waals surface area contributed by atoms with Gasteiger partial charge in [-0.05, 0) is 39.1 Å². The number of amides is 1. The molecule has 0 aliphatic carbocycles. The molecule has 0 saturated heterocycles. The second-order valence-corrected chi connectivity index (χ2v) is 4.21. The van der Waals surface area contributed by atoms with Gasteiger partial charge in [0.05, 0.1) is 6.54 Å². The molecule has 1 aromatic rings. The Hall–Kier alpha value is -1.49. The van der Waals surface area contributed by atoms with Crippen molar-refractivity contribution < 1.29 is 13.6 Å². The molecule has 0 fully saturated rings. The average Bonchev–Trinajstić information content (AvgIpc) is 2.31. The molecule has 1 aromatic carbocycles. The minimum Gasteiger partial charge on any atom is -0.355 e. The van der Waals surface area contributed by atoms with Gasteiger partial charge in [0.2, 0.25) is 5.91 Å². The van der Waals surface area contributed by atoms with Crippen molar-refractivity contribution in [3.63, 3.8) is 0 Å². The molecular weight excluding hydrogens is 238 g/mol. The molecular formula is C13H18F2N2O. The van der Waals surface area contributed by atoms with Crippen LogP contribution >= 0.6 is 0 Å². The molecule has 0 radical (unpaired) electrons. The molecule has 100 valence electrons. The summed E-state index contributed by atoms with van der Waals surface area (Å²) in [5.74, 6) is -1.08. The van der Waals surface area contributed by atoms with E-state index in [-0.39, 0.29) is 24.1 Å². The maximum Gasteiger partial charge on any atom is 0.234 e. The number of carbonyl (C=O) groups is 1. The molecule has 1 unspecified atom stereocenters. The molecule has 18 heavy (non-hydrogen) atoms. The van der Waals surface area contributed by atoms with Gasteiger partial charge < -0.3 is 5.32 Å². The Balaban J connectivity index is 2.76. The second kappa shape index (κ2) is 6.44. The third-order valence-electron chi connectivity index (χ3n) is 2.84. The van der Waals surface area contributed by atoms with E-state index in [2.05, 4.69) is 5.32 Å². The number of likely N-dealkylation sites (N-methyl/N-ethyl adjacent to an activating group) is 2. The standard InChI is InChI=1S/C13H18F2N2O/c1-4-16-13(18)8-17(3)9(2)11-7-10(14)5-6-12(11)15/h5-7,9H,4,8H2,1-3H3,(H,16,18). The summed E-state index contributed by atoms with van der Waals surface area (Å²) in [7, 11) is 1.70. The van der Waals surface area contributed by atoms with Crippen LogP contribution in [0.5, 0.6) is 0 Å². The molecule has 1 atom stereocenters. The lowest BCUT2D eigenvalue weighted by Gasteiger charge is -2.24. The molecule has 0 bridgehead atoms. The zero-order chi connectivity index (χ0) is 13.7. The predicted molar refractivity (Wildman–Crippen MR) is 66.1 cm³/mol. The Morgan fingerprint density at radius 1 is 1.44 bits per heavy atom. The van der Waals surface area contributed by atoms with E-state index in [0.717, 1.165) is 18.2 Å². The summed E-state index contributed by atoms with van der Waals surface area (Å²) in [6.45, 7) is 4.25. The molecule has 0 spiro atoms. The highest BCUT2D eigenvalue weighted by Crippen LogP contribution is 2.22. The highest BCUT2D eigenvalue weighted by Gasteiger charge is 2.18. The van der Waals surface area contributed by atoms with Crippen LogP contribution in [0, 0.1) is 11.6 Å². The van der Waals surface area contributed by atoms with E-state index < -0.39 is 11.6 Å². The van der Waals surface area contributed by atoms with Gasteiger partial charge in [-0.25, -0.2) is 8.78 Å². The van der Waals surface area contributed by atoms with Crippen molar-refractivity contribution in [2.24, 2.45) is 0 Å². The minimum absolute atomic E-state index is 0.135. The second-order valence-electron chi connectivity index (χ2n) is 4.21. The lowest BCUT2D eigenvalue weighted by atomic mass is 10.1. The lowest BCUT2D eigenvalue weighted by Crippen LogP contribution is -2.36. The van der Waals surface area contributed by atoms with Crippen LogP contribution in [0.3, 0.4) is 0 Å². The van der Waals surface area contributed by atoms with Crippen molar-refractivity contribution in [3.8, 4) is 0 Å². The molecule has 0 saturated carbocycles. The SMILES string of the molecule is CCNC(=O)CN(C)C(C)c1cc(F)ccc1F. The fourth-order valence-electron chi connectivity index (χ4n) is 1.69. The summed E-state index contributed by atoms with van der Waals surface area (Å²) in [4.78, 5) is 13.1. The van der Waals surface area contributed by atoms with Gasteiger partial charge in [0, 0.05) is 18.2 Å². The van der Waals surface area contributed by atoms with Crippen molar-refractivity contribution in [3.05, 3.63) is 35.4 Å². The summed E-state index contributed by atoms with van der Waals surface area (Å²) >= 11 is 0. The molecule has 0 aliphatic heterocycles. The highest BCUT2D eigenvalue weighted by molar-refractivity contribution is 5.77. The zero-order valence-corrected chi connectivity index (χ0v) is 10.8. The summed E-state index contributed by atoms with van der Waals surface area (Å²) in [5.41, 5.74) is 0.252. The average molecular weight is 256 g/mol. The zero-order valence-electron chi connectivity index (χ0n) is 10.8. The number of hydrogen-bond acceptors (Lipinski definition) is 2. The van der Waals surface area contributed by atoms with E-state index >= 15 is 0 Å². The molecule has 5 heteroatoms. The number of hydrogen-bond donors (Lipinski definition) is 1. The minimum atomic E-state index is -0.482. The lowest BCUT2D eigenvalue weighted by molar-refractivity contribution is -0.122. The normalized spacial score (nSPS) is 12.6. The molecule has 3 nitrogen and oxygen atoms in total. The van der Waals surface area contributed by atoms with Crippen molar-refractivity contribution in [2.45, 2.75) is 19.9 Å². The summed E-state index contributed by atoms with van der Waals surface area (Å²) in [5, 5.41) is 2.66. The summed E-state index contributed by atoms with van der Waals surface area (Å²) < 4.78 is 26.7. The third kappa shape index (κ3) is 3.77. The molecule has 0 aliphatic rings. The predicted octanol–water partition coefficient (Wildman–Crippen LogP) is 2.09. The summed E-state index contributed by atoms with van der Waals surface area (Å²) in [6.07, 6.45) is 0. The van der Waals surface area contributed by atoms with Gasteiger partial charge in [0.1, 0.15) is 11.6 Å². The number of halogens is 2. The van der Waals surface area contributed by atoms with Gasteiger partial charge in [0.25, 0.3) is 0 Å². The Kier molecular flexibility index (Phi) is 5.22. The van der Waals surface area contributed by atoms with Gasteiger partial charge in [0.15, 0.2) is 0 Å². The van der Waals surface area contributed by atoms with Gasteiger partial charge in [-0.3, -0.25) is 9.69 Å². The number of carbonyl (C=O) groups excluding carboxylic acids is 1. The smallest absolute Gasteiger partial charge is 0.234 e. The van der Waals surface area contributed by atoms with Crippen LogP contribution < -0.4 is 5.32 Å². The van der Waals surface area contributed by atoms with E-state index in [1.807, 2.05) is 6.92 Å². The van der Waals surface area contributed by atoms with Crippen LogP contribution in [0.15, 0.2) is 18.2 Å². The molecule has 1 rings (SSSR count). The highest BCUT2D eigenvalue weighted by atomic mass is 19.1. The van der Waals surface area contributed by atoms with Crippen LogP contribution in [0.1, 0.15) is 25.5 Å². The quantitative estimate of drug-likeness (QED) is 0.875. The first-order valence-electron chi connectivity index (χ1n) is 5.87.